The van der Waals surface area contributed by atoms with E-state index in [1.807, 2.05) is 11.3 Å². The van der Waals surface area contributed by atoms with Crippen molar-refractivity contribution in [2.75, 3.05) is 13.1 Å². The van der Waals surface area contributed by atoms with Gasteiger partial charge in [0.05, 0.1) is 10.7 Å². The molecule has 3 heteroatoms. The molecule has 16 heavy (non-hydrogen) atoms. The third kappa shape index (κ3) is 3.29. The zero-order valence-electron chi connectivity index (χ0n) is 10.3. The molecule has 0 radical (unpaired) electrons. The van der Waals surface area contributed by atoms with E-state index in [0.717, 1.165) is 5.92 Å². The SMILES string of the molecule is CC(C)c1csc(CCC2CCNCC2)n1. The predicted octanol–water partition coefficient (Wildman–Crippen LogP) is 3.20. The zero-order chi connectivity index (χ0) is 11.4. The Labute approximate surface area is 102 Å². The fourth-order valence-corrected chi connectivity index (χ4v) is 3.18. The van der Waals surface area contributed by atoms with E-state index in [9.17, 15) is 0 Å². The van der Waals surface area contributed by atoms with Crippen molar-refractivity contribution < 1.29 is 0 Å². The van der Waals surface area contributed by atoms with Gasteiger partial charge >= 0.3 is 0 Å². The minimum absolute atomic E-state index is 0.573. The summed E-state index contributed by atoms with van der Waals surface area (Å²) in [4.78, 5) is 4.70. The minimum atomic E-state index is 0.573. The summed E-state index contributed by atoms with van der Waals surface area (Å²) in [6.07, 6.45) is 5.21. The summed E-state index contributed by atoms with van der Waals surface area (Å²) in [5.74, 6) is 1.50. The second kappa shape index (κ2) is 5.78. The summed E-state index contributed by atoms with van der Waals surface area (Å²) in [5, 5.41) is 6.98. The Hall–Kier alpha value is -0.410. The van der Waals surface area contributed by atoms with Crippen LogP contribution < -0.4 is 5.32 Å². The lowest BCUT2D eigenvalue weighted by molar-refractivity contribution is 0.354. The second-order valence-electron chi connectivity index (χ2n) is 5.05. The smallest absolute Gasteiger partial charge is 0.0928 e. The fraction of sp³-hybridized carbons (Fsp3) is 0.769. The van der Waals surface area contributed by atoms with Gasteiger partial charge in [-0.15, -0.1) is 11.3 Å². The molecule has 1 aliphatic heterocycles. The molecule has 2 heterocycles. The topological polar surface area (TPSA) is 24.9 Å². The Morgan fingerprint density at radius 2 is 2.19 bits per heavy atom. The molecule has 0 spiro atoms. The van der Waals surface area contributed by atoms with Crippen molar-refractivity contribution in [3.05, 3.63) is 16.1 Å². The molecular weight excluding hydrogens is 216 g/mol. The number of hydrogen-bond acceptors (Lipinski definition) is 3. The fourth-order valence-electron chi connectivity index (χ4n) is 2.20. The zero-order valence-corrected chi connectivity index (χ0v) is 11.1. The lowest BCUT2D eigenvalue weighted by Gasteiger charge is -2.21. The van der Waals surface area contributed by atoms with E-state index in [1.165, 1.54) is 49.5 Å². The molecule has 90 valence electrons. The quantitative estimate of drug-likeness (QED) is 0.871. The number of aromatic nitrogens is 1. The van der Waals surface area contributed by atoms with E-state index in [2.05, 4.69) is 24.5 Å². The first-order valence-electron chi connectivity index (χ1n) is 6.40. The van der Waals surface area contributed by atoms with Gasteiger partial charge in [-0.05, 0) is 50.6 Å². The molecule has 1 aromatic rings. The van der Waals surface area contributed by atoms with E-state index in [0.29, 0.717) is 5.92 Å². The summed E-state index contributed by atoms with van der Waals surface area (Å²) in [6.45, 7) is 6.84. The van der Waals surface area contributed by atoms with Crippen LogP contribution in [0.1, 0.15) is 49.7 Å². The predicted molar refractivity (Wildman–Crippen MR) is 70.1 cm³/mol. The molecule has 1 aromatic heterocycles. The average Bonchev–Trinajstić information content (AvgIpc) is 2.76. The van der Waals surface area contributed by atoms with Crippen molar-refractivity contribution in [3.63, 3.8) is 0 Å². The van der Waals surface area contributed by atoms with Gasteiger partial charge in [-0.2, -0.15) is 0 Å². The standard InChI is InChI=1S/C13H22N2S/c1-10(2)12-9-16-13(15-12)4-3-11-5-7-14-8-6-11/h9-11,14H,3-8H2,1-2H3. The molecule has 0 atom stereocenters. The Kier molecular flexibility index (Phi) is 4.36. The monoisotopic (exact) mass is 238 g/mol. The molecule has 2 rings (SSSR count). The molecule has 2 nitrogen and oxygen atoms in total. The highest BCUT2D eigenvalue weighted by atomic mass is 32.1. The number of thiazole rings is 1. The molecule has 0 aromatic carbocycles. The van der Waals surface area contributed by atoms with Gasteiger partial charge in [0.25, 0.3) is 0 Å². The van der Waals surface area contributed by atoms with Crippen LogP contribution in [0.3, 0.4) is 0 Å². The number of nitrogens with one attached hydrogen (secondary N) is 1. The van der Waals surface area contributed by atoms with E-state index in [-0.39, 0.29) is 0 Å². The summed E-state index contributed by atoms with van der Waals surface area (Å²) < 4.78 is 0. The van der Waals surface area contributed by atoms with Crippen LogP contribution in [-0.2, 0) is 6.42 Å². The Bertz CT molecular complexity index is 313. The van der Waals surface area contributed by atoms with Crippen LogP contribution in [0.15, 0.2) is 5.38 Å². The normalized spacial score (nSPS) is 18.2. The lowest BCUT2D eigenvalue weighted by atomic mass is 9.93. The van der Waals surface area contributed by atoms with E-state index < -0.39 is 0 Å². The van der Waals surface area contributed by atoms with Crippen molar-refractivity contribution in [1.82, 2.24) is 10.3 Å². The maximum absolute atomic E-state index is 4.70. The van der Waals surface area contributed by atoms with Gasteiger partial charge in [0.2, 0.25) is 0 Å². The summed E-state index contributed by atoms with van der Waals surface area (Å²) >= 11 is 1.84. The first-order valence-corrected chi connectivity index (χ1v) is 7.28. The summed E-state index contributed by atoms with van der Waals surface area (Å²) in [7, 11) is 0. The lowest BCUT2D eigenvalue weighted by Crippen LogP contribution is -2.27. The van der Waals surface area contributed by atoms with Gasteiger partial charge in [-0.1, -0.05) is 13.8 Å². The number of hydrogen-bond donors (Lipinski definition) is 1. The van der Waals surface area contributed by atoms with Crippen LogP contribution in [0.25, 0.3) is 0 Å². The van der Waals surface area contributed by atoms with Crippen LogP contribution in [0.5, 0.6) is 0 Å². The summed E-state index contributed by atoms with van der Waals surface area (Å²) in [5.41, 5.74) is 1.27. The average molecular weight is 238 g/mol. The molecule has 0 bridgehead atoms. The van der Waals surface area contributed by atoms with Crippen molar-refractivity contribution in [2.45, 2.75) is 45.4 Å². The van der Waals surface area contributed by atoms with Crippen molar-refractivity contribution in [2.24, 2.45) is 5.92 Å². The van der Waals surface area contributed by atoms with E-state index in [1.54, 1.807) is 0 Å². The van der Waals surface area contributed by atoms with Crippen LogP contribution in [-0.4, -0.2) is 18.1 Å². The molecular formula is C13H22N2S. The van der Waals surface area contributed by atoms with Crippen molar-refractivity contribution >= 4 is 11.3 Å². The molecule has 1 N–H and O–H groups in total. The van der Waals surface area contributed by atoms with Gasteiger partial charge in [-0.25, -0.2) is 4.98 Å². The maximum Gasteiger partial charge on any atom is 0.0928 e. The Morgan fingerprint density at radius 1 is 1.44 bits per heavy atom. The first kappa shape index (κ1) is 12.1. The number of piperidine rings is 1. The molecule has 0 aliphatic carbocycles. The Morgan fingerprint density at radius 3 is 2.81 bits per heavy atom. The largest absolute Gasteiger partial charge is 0.317 e. The van der Waals surface area contributed by atoms with E-state index >= 15 is 0 Å². The van der Waals surface area contributed by atoms with Gasteiger partial charge in [-0.3, -0.25) is 0 Å². The first-order chi connectivity index (χ1) is 7.75. The van der Waals surface area contributed by atoms with Crippen LogP contribution >= 0.6 is 11.3 Å². The highest BCUT2D eigenvalue weighted by molar-refractivity contribution is 7.09. The Balaban J connectivity index is 1.79. The van der Waals surface area contributed by atoms with E-state index in [4.69, 9.17) is 4.98 Å². The third-order valence-corrected chi connectivity index (χ3v) is 4.31. The number of aryl methyl sites for hydroxylation is 1. The molecule has 0 amide bonds. The highest BCUT2D eigenvalue weighted by Crippen LogP contribution is 2.22. The van der Waals surface area contributed by atoms with Crippen LogP contribution in [0.2, 0.25) is 0 Å². The highest BCUT2D eigenvalue weighted by Gasteiger charge is 2.14. The van der Waals surface area contributed by atoms with Gasteiger partial charge in [0.15, 0.2) is 0 Å². The minimum Gasteiger partial charge on any atom is -0.317 e. The second-order valence-corrected chi connectivity index (χ2v) is 6.00. The molecule has 1 fully saturated rings. The number of nitrogens with zero attached hydrogens (tertiary/aromatic N) is 1. The van der Waals surface area contributed by atoms with Gasteiger partial charge in [0.1, 0.15) is 0 Å². The third-order valence-electron chi connectivity index (χ3n) is 3.39. The van der Waals surface area contributed by atoms with Gasteiger partial charge < -0.3 is 5.32 Å². The van der Waals surface area contributed by atoms with Crippen molar-refractivity contribution in [3.8, 4) is 0 Å². The number of rotatable bonds is 4. The van der Waals surface area contributed by atoms with Gasteiger partial charge in [0, 0.05) is 5.38 Å². The van der Waals surface area contributed by atoms with Crippen LogP contribution in [0.4, 0.5) is 0 Å². The molecule has 1 saturated heterocycles. The maximum atomic E-state index is 4.70. The summed E-state index contributed by atoms with van der Waals surface area (Å²) in [6, 6.07) is 0. The molecule has 0 unspecified atom stereocenters. The van der Waals surface area contributed by atoms with Crippen LogP contribution in [0, 0.1) is 5.92 Å². The molecule has 0 saturated carbocycles. The molecule has 1 aliphatic rings. The van der Waals surface area contributed by atoms with Crippen molar-refractivity contribution in [1.29, 1.82) is 0 Å².